The van der Waals surface area contributed by atoms with Gasteiger partial charge in [-0.3, -0.25) is 10.1 Å². The van der Waals surface area contributed by atoms with Crippen LogP contribution in [0, 0.1) is 10.1 Å². The Bertz CT molecular complexity index is 660. The van der Waals surface area contributed by atoms with Gasteiger partial charge in [-0.1, -0.05) is 0 Å². The van der Waals surface area contributed by atoms with Gasteiger partial charge in [-0.2, -0.15) is 4.80 Å². The molecule has 112 valence electrons. The number of nitrogens with zero attached hydrogens (tertiary/aromatic N) is 5. The Kier molecular flexibility index (Phi) is 4.53. The number of rotatable bonds is 6. The van der Waals surface area contributed by atoms with Gasteiger partial charge in [-0.25, -0.2) is 0 Å². The molecule has 0 aliphatic carbocycles. The molecule has 1 aromatic heterocycles. The first kappa shape index (κ1) is 15.0. The highest BCUT2D eigenvalue weighted by Crippen LogP contribution is 2.35. The van der Waals surface area contributed by atoms with Crippen LogP contribution in [-0.4, -0.2) is 32.2 Å². The van der Waals surface area contributed by atoms with Gasteiger partial charge in [0.1, 0.15) is 0 Å². The molecule has 0 unspecified atom stereocenters. The number of ether oxygens (including phenoxy) is 2. The number of hydrogen-bond donors (Lipinski definition) is 0. The van der Waals surface area contributed by atoms with Crippen LogP contribution >= 0.6 is 11.6 Å². The van der Waals surface area contributed by atoms with Gasteiger partial charge in [0.15, 0.2) is 18.1 Å². The molecule has 1 heterocycles. The van der Waals surface area contributed by atoms with Crippen LogP contribution in [0.1, 0.15) is 11.4 Å². The van der Waals surface area contributed by atoms with Crippen molar-refractivity contribution in [1.29, 1.82) is 0 Å². The number of aromatic nitrogens is 4. The fourth-order valence-corrected chi connectivity index (χ4v) is 1.88. The van der Waals surface area contributed by atoms with Crippen molar-refractivity contribution in [3.8, 4) is 11.5 Å². The maximum absolute atomic E-state index is 11.0. The Hall–Kier alpha value is -2.42. The number of nitro groups is 1. The zero-order valence-corrected chi connectivity index (χ0v) is 12.1. The van der Waals surface area contributed by atoms with Gasteiger partial charge in [0, 0.05) is 5.56 Å². The second-order valence-corrected chi connectivity index (χ2v) is 4.27. The second kappa shape index (κ2) is 6.35. The predicted octanol–water partition coefficient (Wildman–Crippen LogP) is 1.44. The molecule has 21 heavy (non-hydrogen) atoms. The van der Waals surface area contributed by atoms with Crippen molar-refractivity contribution in [1.82, 2.24) is 20.2 Å². The normalized spacial score (nSPS) is 10.4. The molecule has 0 N–H and O–H groups in total. The third-order valence-electron chi connectivity index (χ3n) is 2.61. The summed E-state index contributed by atoms with van der Waals surface area (Å²) in [7, 11) is 3.06. The number of halogens is 1. The predicted molar refractivity (Wildman–Crippen MR) is 72.3 cm³/mol. The van der Waals surface area contributed by atoms with E-state index < -0.39 is 4.92 Å². The van der Waals surface area contributed by atoms with Crippen LogP contribution in [0.15, 0.2) is 12.1 Å². The first-order valence-electron chi connectivity index (χ1n) is 5.82. The Morgan fingerprint density at radius 1 is 1.43 bits per heavy atom. The maximum Gasteiger partial charge on any atom is 0.277 e. The van der Waals surface area contributed by atoms with E-state index in [1.165, 1.54) is 24.0 Å². The average Bonchev–Trinajstić information content (AvgIpc) is 2.89. The molecule has 10 heteroatoms. The quantitative estimate of drug-likeness (QED) is 0.451. The van der Waals surface area contributed by atoms with Crippen molar-refractivity contribution in [2.24, 2.45) is 7.05 Å². The first-order valence-corrected chi connectivity index (χ1v) is 6.35. The largest absolute Gasteiger partial charge is 0.493 e. The van der Waals surface area contributed by atoms with Crippen molar-refractivity contribution < 1.29 is 14.4 Å². The van der Waals surface area contributed by atoms with E-state index in [-0.39, 0.29) is 23.9 Å². The molecular formula is C11H12ClN5O4. The second-order valence-electron chi connectivity index (χ2n) is 4.01. The van der Waals surface area contributed by atoms with Gasteiger partial charge in [0.25, 0.3) is 5.69 Å². The molecule has 9 nitrogen and oxygen atoms in total. The third kappa shape index (κ3) is 3.37. The Balaban J connectivity index is 2.28. The van der Waals surface area contributed by atoms with E-state index in [4.69, 9.17) is 21.1 Å². The zero-order valence-electron chi connectivity index (χ0n) is 11.3. The van der Waals surface area contributed by atoms with Gasteiger partial charge in [0.2, 0.25) is 5.82 Å². The van der Waals surface area contributed by atoms with Crippen LogP contribution in [0.5, 0.6) is 11.5 Å². The SMILES string of the molecule is COc1cc(CCl)c([N+](=O)[O-])cc1OCc1nnn(C)n1. The summed E-state index contributed by atoms with van der Waals surface area (Å²) in [6, 6.07) is 2.75. The Morgan fingerprint density at radius 3 is 2.71 bits per heavy atom. The molecule has 2 aromatic rings. The van der Waals surface area contributed by atoms with Gasteiger partial charge in [0.05, 0.1) is 31.0 Å². The summed E-state index contributed by atoms with van der Waals surface area (Å²) >= 11 is 5.70. The lowest BCUT2D eigenvalue weighted by Gasteiger charge is -2.10. The van der Waals surface area contributed by atoms with E-state index in [0.29, 0.717) is 17.1 Å². The van der Waals surface area contributed by atoms with Crippen LogP contribution in [0.3, 0.4) is 0 Å². The molecule has 0 aliphatic heterocycles. The number of nitro benzene ring substituents is 1. The lowest BCUT2D eigenvalue weighted by Crippen LogP contribution is -2.02. The van der Waals surface area contributed by atoms with Gasteiger partial charge >= 0.3 is 0 Å². The van der Waals surface area contributed by atoms with Crippen LogP contribution in [0.25, 0.3) is 0 Å². The number of methoxy groups -OCH3 is 1. The molecule has 0 bridgehead atoms. The standard InChI is InChI=1S/C11H12ClN5O4/c1-16-14-11(13-15-16)6-21-10-4-8(17(18)19)7(5-12)3-9(10)20-2/h3-4H,5-6H2,1-2H3. The minimum absolute atomic E-state index is 0.00132. The van der Waals surface area contributed by atoms with Crippen molar-refractivity contribution in [2.75, 3.05) is 7.11 Å². The lowest BCUT2D eigenvalue weighted by atomic mass is 10.2. The fraction of sp³-hybridized carbons (Fsp3) is 0.364. The molecule has 2 rings (SSSR count). The minimum atomic E-state index is -0.523. The van der Waals surface area contributed by atoms with E-state index in [0.717, 1.165) is 0 Å². The van der Waals surface area contributed by atoms with E-state index in [1.807, 2.05) is 0 Å². The minimum Gasteiger partial charge on any atom is -0.493 e. The smallest absolute Gasteiger partial charge is 0.277 e. The highest BCUT2D eigenvalue weighted by atomic mass is 35.5. The van der Waals surface area contributed by atoms with Crippen LogP contribution < -0.4 is 9.47 Å². The highest BCUT2D eigenvalue weighted by Gasteiger charge is 2.19. The van der Waals surface area contributed by atoms with E-state index >= 15 is 0 Å². The topological polar surface area (TPSA) is 105 Å². The maximum atomic E-state index is 11.0. The molecule has 0 atom stereocenters. The number of alkyl halides is 1. The van der Waals surface area contributed by atoms with Gasteiger partial charge in [-0.05, 0) is 11.3 Å². The summed E-state index contributed by atoms with van der Waals surface area (Å²) in [5, 5.41) is 22.4. The van der Waals surface area contributed by atoms with E-state index in [9.17, 15) is 10.1 Å². The zero-order chi connectivity index (χ0) is 15.4. The lowest BCUT2D eigenvalue weighted by molar-refractivity contribution is -0.385. The molecule has 0 aliphatic rings. The summed E-state index contributed by atoms with van der Waals surface area (Å²) in [5.74, 6) is 0.910. The number of hydrogen-bond acceptors (Lipinski definition) is 7. The number of tetrazole rings is 1. The molecular weight excluding hydrogens is 302 g/mol. The molecule has 0 amide bonds. The molecule has 0 saturated heterocycles. The van der Waals surface area contributed by atoms with E-state index in [2.05, 4.69) is 15.4 Å². The Morgan fingerprint density at radius 2 is 2.19 bits per heavy atom. The summed E-state index contributed by atoms with van der Waals surface area (Å²) in [4.78, 5) is 11.8. The van der Waals surface area contributed by atoms with E-state index in [1.54, 1.807) is 7.05 Å². The fourth-order valence-electron chi connectivity index (χ4n) is 1.66. The summed E-state index contributed by atoms with van der Waals surface area (Å²) in [6.07, 6.45) is 0. The highest BCUT2D eigenvalue weighted by molar-refractivity contribution is 6.17. The molecule has 0 saturated carbocycles. The van der Waals surface area contributed by atoms with Crippen LogP contribution in [0.2, 0.25) is 0 Å². The van der Waals surface area contributed by atoms with Gasteiger partial charge in [-0.15, -0.1) is 21.8 Å². The average molecular weight is 314 g/mol. The molecule has 0 fully saturated rings. The third-order valence-corrected chi connectivity index (χ3v) is 2.90. The summed E-state index contributed by atoms with van der Waals surface area (Å²) in [5.41, 5.74) is 0.219. The monoisotopic (exact) mass is 313 g/mol. The van der Waals surface area contributed by atoms with Crippen molar-refractivity contribution in [2.45, 2.75) is 12.5 Å². The van der Waals surface area contributed by atoms with Crippen LogP contribution in [0.4, 0.5) is 5.69 Å². The summed E-state index contributed by atoms with van der Waals surface area (Å²) < 4.78 is 10.6. The summed E-state index contributed by atoms with van der Waals surface area (Å²) in [6.45, 7) is 0.0155. The van der Waals surface area contributed by atoms with Crippen molar-refractivity contribution in [3.05, 3.63) is 33.6 Å². The van der Waals surface area contributed by atoms with Crippen LogP contribution in [-0.2, 0) is 19.5 Å². The molecule has 0 radical (unpaired) electrons. The first-order chi connectivity index (χ1) is 10.0. The van der Waals surface area contributed by atoms with Crippen molar-refractivity contribution >= 4 is 17.3 Å². The van der Waals surface area contributed by atoms with Crippen molar-refractivity contribution in [3.63, 3.8) is 0 Å². The van der Waals surface area contributed by atoms with Gasteiger partial charge < -0.3 is 9.47 Å². The number of benzene rings is 1. The number of aryl methyl sites for hydroxylation is 1. The Labute approximate surface area is 124 Å². The molecule has 1 aromatic carbocycles. The molecule has 0 spiro atoms.